The van der Waals surface area contributed by atoms with Crippen LogP contribution in [0.3, 0.4) is 0 Å². The lowest BCUT2D eigenvalue weighted by molar-refractivity contribution is 0.150. The minimum Gasteiger partial charge on any atom is -0.497 e. The Morgan fingerprint density at radius 3 is 2.30 bits per heavy atom. The Bertz CT molecular complexity index is 661. The maximum Gasteiger partial charge on any atom is 0.120 e. The molecule has 0 amide bonds. The summed E-state index contributed by atoms with van der Waals surface area (Å²) in [6, 6.07) is 16.5. The lowest BCUT2D eigenvalue weighted by Gasteiger charge is -2.24. The third-order valence-corrected chi connectivity index (χ3v) is 4.52. The zero-order chi connectivity index (χ0) is 19.5. The number of nitrogens with zero attached hydrogens (tertiary/aromatic N) is 2. The fourth-order valence-electron chi connectivity index (χ4n) is 2.78. The van der Waals surface area contributed by atoms with Gasteiger partial charge in [-0.2, -0.15) is 0 Å². The van der Waals surface area contributed by atoms with E-state index in [1.807, 2.05) is 24.3 Å². The van der Waals surface area contributed by atoms with E-state index in [0.29, 0.717) is 6.61 Å². The number of likely N-dealkylation sites (N-methyl/N-ethyl adjacent to an activating group) is 1. The van der Waals surface area contributed by atoms with Gasteiger partial charge in [0.25, 0.3) is 0 Å². The van der Waals surface area contributed by atoms with E-state index in [2.05, 4.69) is 48.0 Å². The lowest BCUT2D eigenvalue weighted by atomic mass is 10.2. The first-order chi connectivity index (χ1) is 13.2. The quantitative estimate of drug-likeness (QED) is 0.568. The summed E-state index contributed by atoms with van der Waals surface area (Å²) >= 11 is 0. The SMILES string of the molecule is CCN(Cc1ccc(OCCN(C)CCOC)cc1)c1cccc(OC)c1. The molecule has 0 unspecified atom stereocenters. The van der Waals surface area contributed by atoms with E-state index in [-0.39, 0.29) is 0 Å². The molecule has 0 bridgehead atoms. The summed E-state index contributed by atoms with van der Waals surface area (Å²) in [5.74, 6) is 1.79. The van der Waals surface area contributed by atoms with Crippen LogP contribution >= 0.6 is 0 Å². The fourth-order valence-corrected chi connectivity index (χ4v) is 2.78. The molecule has 0 aliphatic carbocycles. The van der Waals surface area contributed by atoms with E-state index >= 15 is 0 Å². The van der Waals surface area contributed by atoms with Gasteiger partial charge in [-0.15, -0.1) is 0 Å². The molecule has 0 heterocycles. The van der Waals surface area contributed by atoms with Crippen molar-refractivity contribution in [3.63, 3.8) is 0 Å². The normalized spacial score (nSPS) is 10.9. The number of ether oxygens (including phenoxy) is 3. The molecular weight excluding hydrogens is 340 g/mol. The summed E-state index contributed by atoms with van der Waals surface area (Å²) in [5.41, 5.74) is 2.42. The summed E-state index contributed by atoms with van der Waals surface area (Å²) in [6.07, 6.45) is 0. The summed E-state index contributed by atoms with van der Waals surface area (Å²) in [5, 5.41) is 0. The smallest absolute Gasteiger partial charge is 0.120 e. The Hall–Kier alpha value is -2.24. The van der Waals surface area contributed by atoms with E-state index in [0.717, 1.165) is 50.0 Å². The van der Waals surface area contributed by atoms with Crippen LogP contribution in [0.5, 0.6) is 11.5 Å². The van der Waals surface area contributed by atoms with Gasteiger partial charge < -0.3 is 24.0 Å². The van der Waals surface area contributed by atoms with Crippen LogP contribution in [-0.4, -0.2) is 59.0 Å². The number of anilines is 1. The first-order valence-corrected chi connectivity index (χ1v) is 9.44. The highest BCUT2D eigenvalue weighted by Crippen LogP contribution is 2.23. The molecule has 0 saturated heterocycles. The highest BCUT2D eigenvalue weighted by molar-refractivity contribution is 5.51. The van der Waals surface area contributed by atoms with Crippen molar-refractivity contribution in [1.29, 1.82) is 0 Å². The molecule has 0 aliphatic heterocycles. The molecule has 0 fully saturated rings. The van der Waals surface area contributed by atoms with E-state index < -0.39 is 0 Å². The molecule has 0 aromatic heterocycles. The molecule has 0 spiro atoms. The molecule has 0 aliphatic rings. The maximum absolute atomic E-state index is 5.85. The van der Waals surface area contributed by atoms with Crippen LogP contribution < -0.4 is 14.4 Å². The van der Waals surface area contributed by atoms with Crippen LogP contribution in [0.1, 0.15) is 12.5 Å². The van der Waals surface area contributed by atoms with Crippen molar-refractivity contribution in [3.8, 4) is 11.5 Å². The lowest BCUT2D eigenvalue weighted by Crippen LogP contribution is -2.27. The molecular formula is C22H32N2O3. The summed E-state index contributed by atoms with van der Waals surface area (Å²) in [4.78, 5) is 4.52. The average Bonchev–Trinajstić information content (AvgIpc) is 2.71. The van der Waals surface area contributed by atoms with Crippen LogP contribution in [0.25, 0.3) is 0 Å². The van der Waals surface area contributed by atoms with E-state index in [1.54, 1.807) is 14.2 Å². The van der Waals surface area contributed by atoms with Crippen LogP contribution in [0.2, 0.25) is 0 Å². The van der Waals surface area contributed by atoms with Crippen molar-refractivity contribution in [2.45, 2.75) is 13.5 Å². The van der Waals surface area contributed by atoms with Crippen molar-refractivity contribution < 1.29 is 14.2 Å². The maximum atomic E-state index is 5.85. The predicted octanol–water partition coefficient (Wildman–Crippen LogP) is 3.68. The Labute approximate surface area is 163 Å². The molecule has 27 heavy (non-hydrogen) atoms. The first kappa shape index (κ1) is 21.1. The Balaban J connectivity index is 1.86. The van der Waals surface area contributed by atoms with Gasteiger partial charge in [-0.25, -0.2) is 0 Å². The molecule has 5 heteroatoms. The first-order valence-electron chi connectivity index (χ1n) is 9.44. The molecule has 2 rings (SSSR count). The Morgan fingerprint density at radius 1 is 0.889 bits per heavy atom. The molecule has 148 valence electrons. The van der Waals surface area contributed by atoms with Crippen LogP contribution in [-0.2, 0) is 11.3 Å². The van der Waals surface area contributed by atoms with Crippen LogP contribution in [0.4, 0.5) is 5.69 Å². The van der Waals surface area contributed by atoms with Crippen molar-refractivity contribution in [2.75, 3.05) is 59.0 Å². The number of benzene rings is 2. The average molecular weight is 373 g/mol. The third kappa shape index (κ3) is 7.12. The summed E-state index contributed by atoms with van der Waals surface area (Å²) < 4.78 is 16.3. The third-order valence-electron chi connectivity index (χ3n) is 4.52. The van der Waals surface area contributed by atoms with Gasteiger partial charge in [0.05, 0.1) is 13.7 Å². The molecule has 5 nitrogen and oxygen atoms in total. The second-order valence-electron chi connectivity index (χ2n) is 6.50. The molecule has 2 aromatic carbocycles. The highest BCUT2D eigenvalue weighted by Gasteiger charge is 2.07. The van der Waals surface area contributed by atoms with E-state index in [4.69, 9.17) is 14.2 Å². The Kier molecular flexibility index (Phi) is 8.95. The molecule has 0 atom stereocenters. The van der Waals surface area contributed by atoms with Gasteiger partial charge >= 0.3 is 0 Å². The van der Waals surface area contributed by atoms with Gasteiger partial charge in [-0.05, 0) is 43.8 Å². The van der Waals surface area contributed by atoms with Gasteiger partial charge in [-0.3, -0.25) is 0 Å². The minimum absolute atomic E-state index is 0.671. The van der Waals surface area contributed by atoms with Gasteiger partial charge in [0.2, 0.25) is 0 Å². The predicted molar refractivity (Wildman–Crippen MR) is 111 cm³/mol. The van der Waals surface area contributed by atoms with Crippen LogP contribution in [0, 0.1) is 0 Å². The minimum atomic E-state index is 0.671. The number of hydrogen-bond acceptors (Lipinski definition) is 5. The van der Waals surface area contributed by atoms with Gasteiger partial charge in [0, 0.05) is 45.0 Å². The standard InChI is InChI=1S/C22H32N2O3/c1-5-24(20-7-6-8-22(17-20)26-4)18-19-9-11-21(12-10-19)27-16-14-23(2)13-15-25-3/h6-12,17H,5,13-16,18H2,1-4H3. The van der Waals surface area contributed by atoms with Gasteiger partial charge in [-0.1, -0.05) is 18.2 Å². The van der Waals surface area contributed by atoms with Crippen molar-refractivity contribution in [1.82, 2.24) is 4.90 Å². The van der Waals surface area contributed by atoms with E-state index in [1.165, 1.54) is 5.56 Å². The van der Waals surface area contributed by atoms with Crippen molar-refractivity contribution in [3.05, 3.63) is 54.1 Å². The summed E-state index contributed by atoms with van der Waals surface area (Å²) in [6.45, 7) is 7.15. The van der Waals surface area contributed by atoms with Crippen molar-refractivity contribution in [2.24, 2.45) is 0 Å². The summed E-state index contributed by atoms with van der Waals surface area (Å²) in [7, 11) is 5.49. The zero-order valence-corrected chi connectivity index (χ0v) is 17.0. The number of hydrogen-bond donors (Lipinski definition) is 0. The number of rotatable bonds is 12. The van der Waals surface area contributed by atoms with Crippen molar-refractivity contribution >= 4 is 5.69 Å². The zero-order valence-electron chi connectivity index (χ0n) is 17.0. The van der Waals surface area contributed by atoms with Gasteiger partial charge in [0.15, 0.2) is 0 Å². The fraction of sp³-hybridized carbons (Fsp3) is 0.455. The molecule has 0 radical (unpaired) electrons. The second-order valence-corrected chi connectivity index (χ2v) is 6.50. The molecule has 0 N–H and O–H groups in total. The highest BCUT2D eigenvalue weighted by atomic mass is 16.5. The van der Waals surface area contributed by atoms with Gasteiger partial charge in [0.1, 0.15) is 18.1 Å². The molecule has 2 aromatic rings. The van der Waals surface area contributed by atoms with Crippen LogP contribution in [0.15, 0.2) is 48.5 Å². The topological polar surface area (TPSA) is 34.2 Å². The van der Waals surface area contributed by atoms with E-state index in [9.17, 15) is 0 Å². The number of methoxy groups -OCH3 is 2. The second kappa shape index (κ2) is 11.5. The monoisotopic (exact) mass is 372 g/mol. The molecule has 0 saturated carbocycles. The Morgan fingerprint density at radius 2 is 1.63 bits per heavy atom. The largest absolute Gasteiger partial charge is 0.497 e.